The molecular formula is C24H32N6O5. The predicted octanol–water partition coefficient (Wildman–Crippen LogP) is 2.44. The molecule has 0 radical (unpaired) electrons. The van der Waals surface area contributed by atoms with Crippen LogP contribution in [-0.4, -0.2) is 54.7 Å². The zero-order chi connectivity index (χ0) is 25.2. The van der Waals surface area contributed by atoms with E-state index in [2.05, 4.69) is 32.3 Å². The number of rotatable bonds is 12. The Balaban J connectivity index is 1.44. The fourth-order valence-corrected chi connectivity index (χ4v) is 3.60. The molecular weight excluding hydrogens is 452 g/mol. The number of unbranched alkanes of at least 4 members (excludes halogenated alkanes) is 2. The largest absolute Gasteiger partial charge is 0.469 e. The quantitative estimate of drug-likeness (QED) is 0.307. The van der Waals surface area contributed by atoms with E-state index in [1.165, 1.54) is 7.11 Å². The fourth-order valence-electron chi connectivity index (χ4n) is 3.60. The third-order valence-electron chi connectivity index (χ3n) is 5.47. The molecule has 0 aliphatic carbocycles. The van der Waals surface area contributed by atoms with E-state index in [-0.39, 0.29) is 42.6 Å². The highest BCUT2D eigenvalue weighted by Crippen LogP contribution is 2.32. The number of nitrogens with two attached hydrogens (primary N) is 1. The monoisotopic (exact) mass is 484 g/mol. The van der Waals surface area contributed by atoms with Crippen LogP contribution in [0.15, 0.2) is 24.3 Å². The number of nitrogen functional groups attached to an aromatic ring is 1. The number of hydrogen-bond donors (Lipinski definition) is 3. The fraction of sp³-hybridized carbons (Fsp3) is 0.458. The molecule has 1 aliphatic rings. The highest BCUT2D eigenvalue weighted by molar-refractivity contribution is 6.01. The van der Waals surface area contributed by atoms with E-state index in [9.17, 15) is 14.4 Å². The summed E-state index contributed by atoms with van der Waals surface area (Å²) in [6, 6.07) is 6.85. The van der Waals surface area contributed by atoms with Gasteiger partial charge in [-0.3, -0.25) is 14.5 Å². The van der Waals surface area contributed by atoms with Gasteiger partial charge in [-0.15, -0.1) is 0 Å². The van der Waals surface area contributed by atoms with Crippen molar-refractivity contribution in [2.45, 2.75) is 45.4 Å². The molecule has 0 bridgehead atoms. The van der Waals surface area contributed by atoms with Crippen LogP contribution in [0.3, 0.4) is 0 Å². The Morgan fingerprint density at radius 2 is 2.03 bits per heavy atom. The second kappa shape index (κ2) is 12.5. The minimum Gasteiger partial charge on any atom is -0.469 e. The van der Waals surface area contributed by atoms with Gasteiger partial charge in [0, 0.05) is 24.3 Å². The number of carbonyl (C=O) groups excluding carboxylic acids is 3. The maximum Gasteiger partial charge on any atom is 0.320 e. The number of urea groups is 1. The molecule has 3 amide bonds. The minimum atomic E-state index is -0.350. The average molecular weight is 485 g/mol. The maximum absolute atomic E-state index is 12.5. The topological polar surface area (TPSA) is 149 Å². The van der Waals surface area contributed by atoms with E-state index in [1.807, 2.05) is 0 Å². The first-order valence-electron chi connectivity index (χ1n) is 11.7. The minimum absolute atomic E-state index is 0.0794. The molecule has 0 fully saturated rings. The van der Waals surface area contributed by atoms with Gasteiger partial charge >= 0.3 is 18.0 Å². The van der Waals surface area contributed by atoms with Crippen LogP contribution in [-0.2, 0) is 27.2 Å². The summed E-state index contributed by atoms with van der Waals surface area (Å²) in [7, 11) is 1.33. The first-order chi connectivity index (χ1) is 16.9. The van der Waals surface area contributed by atoms with Gasteiger partial charge in [0.1, 0.15) is 11.6 Å². The molecule has 0 saturated heterocycles. The second-order valence-electron chi connectivity index (χ2n) is 8.16. The highest BCUT2D eigenvalue weighted by atomic mass is 16.5. The number of nitrogens with zero attached hydrogens (tertiary/aromatic N) is 3. The van der Waals surface area contributed by atoms with Gasteiger partial charge in [0.05, 0.1) is 26.6 Å². The molecule has 0 unspecified atom stereocenters. The van der Waals surface area contributed by atoms with Crippen molar-refractivity contribution < 1.29 is 23.9 Å². The van der Waals surface area contributed by atoms with Gasteiger partial charge in [0.2, 0.25) is 5.91 Å². The molecule has 0 atom stereocenters. The van der Waals surface area contributed by atoms with Gasteiger partial charge in [-0.1, -0.05) is 25.5 Å². The number of ether oxygens (including phenoxy) is 2. The van der Waals surface area contributed by atoms with Crippen LogP contribution in [0.2, 0.25) is 0 Å². The average Bonchev–Trinajstić information content (AvgIpc) is 3.15. The molecule has 4 N–H and O–H groups in total. The van der Waals surface area contributed by atoms with Crippen molar-refractivity contribution in [1.29, 1.82) is 0 Å². The van der Waals surface area contributed by atoms with Crippen molar-refractivity contribution in [2.24, 2.45) is 0 Å². The van der Waals surface area contributed by atoms with E-state index in [4.69, 9.17) is 10.5 Å². The molecule has 3 rings (SSSR count). The van der Waals surface area contributed by atoms with Crippen molar-refractivity contribution in [3.8, 4) is 6.01 Å². The van der Waals surface area contributed by atoms with Crippen molar-refractivity contribution in [2.75, 3.05) is 42.8 Å². The van der Waals surface area contributed by atoms with Crippen LogP contribution in [0.4, 0.5) is 22.1 Å². The number of carbonyl (C=O) groups is 3. The van der Waals surface area contributed by atoms with E-state index in [1.54, 1.807) is 29.2 Å². The molecule has 0 spiro atoms. The van der Waals surface area contributed by atoms with Crippen LogP contribution in [0.5, 0.6) is 6.01 Å². The van der Waals surface area contributed by atoms with E-state index in [0.717, 1.165) is 18.4 Å². The number of nitrogens with one attached hydrogen (secondary N) is 2. The Labute approximate surface area is 204 Å². The maximum atomic E-state index is 12.5. The van der Waals surface area contributed by atoms with E-state index < -0.39 is 0 Å². The molecule has 11 heteroatoms. The lowest BCUT2D eigenvalue weighted by Crippen LogP contribution is -2.31. The number of amides is 3. The molecule has 188 valence electrons. The number of aromatic nitrogens is 2. The summed E-state index contributed by atoms with van der Waals surface area (Å²) in [5.74, 6) is 0.349. The van der Waals surface area contributed by atoms with Crippen molar-refractivity contribution in [3.05, 3.63) is 35.4 Å². The molecule has 1 aromatic carbocycles. The summed E-state index contributed by atoms with van der Waals surface area (Å²) in [4.78, 5) is 46.3. The Hall–Kier alpha value is -3.89. The number of hydrogen-bond acceptors (Lipinski definition) is 8. The summed E-state index contributed by atoms with van der Waals surface area (Å²) in [6.07, 6.45) is 3.49. The first kappa shape index (κ1) is 25.7. The molecule has 1 aromatic heterocycles. The molecule has 35 heavy (non-hydrogen) atoms. The normalized spacial score (nSPS) is 12.3. The predicted molar refractivity (Wildman–Crippen MR) is 131 cm³/mol. The van der Waals surface area contributed by atoms with Crippen LogP contribution in [0.1, 0.15) is 43.7 Å². The lowest BCUT2D eigenvalue weighted by Gasteiger charge is -2.17. The third-order valence-corrected chi connectivity index (χ3v) is 5.47. The van der Waals surface area contributed by atoms with Gasteiger partial charge in [0.15, 0.2) is 0 Å². The van der Waals surface area contributed by atoms with Crippen molar-refractivity contribution in [3.63, 3.8) is 0 Å². The summed E-state index contributed by atoms with van der Waals surface area (Å²) >= 11 is 0. The van der Waals surface area contributed by atoms with Crippen molar-refractivity contribution >= 4 is 35.2 Å². The summed E-state index contributed by atoms with van der Waals surface area (Å²) in [6.45, 7) is 3.44. The molecule has 2 aromatic rings. The van der Waals surface area contributed by atoms with Gasteiger partial charge in [-0.05, 0) is 37.0 Å². The number of methoxy groups -OCH3 is 1. The zero-order valence-electron chi connectivity index (χ0n) is 20.1. The highest BCUT2D eigenvalue weighted by Gasteiger charge is 2.31. The van der Waals surface area contributed by atoms with Crippen LogP contribution >= 0.6 is 0 Å². The van der Waals surface area contributed by atoms with Crippen LogP contribution in [0, 0.1) is 0 Å². The van der Waals surface area contributed by atoms with Gasteiger partial charge in [-0.25, -0.2) is 4.79 Å². The Kier molecular flexibility index (Phi) is 9.22. The number of fused-ring (bicyclic) bond motifs is 1. The SMILES string of the molecule is CCCCOc1nc(N)c2c(n1)N(CCCCNC(=O)Nc1cccc(CC(=O)OC)c1)C(=O)C2. The Morgan fingerprint density at radius 3 is 2.80 bits per heavy atom. The summed E-state index contributed by atoms with van der Waals surface area (Å²) in [5.41, 5.74) is 7.98. The zero-order valence-corrected chi connectivity index (χ0v) is 20.1. The lowest BCUT2D eigenvalue weighted by atomic mass is 10.1. The van der Waals surface area contributed by atoms with Crippen molar-refractivity contribution in [1.82, 2.24) is 15.3 Å². The third kappa shape index (κ3) is 7.29. The van der Waals surface area contributed by atoms with E-state index >= 15 is 0 Å². The van der Waals surface area contributed by atoms with Gasteiger partial charge in [0.25, 0.3) is 0 Å². The number of benzene rings is 1. The smallest absolute Gasteiger partial charge is 0.320 e. The molecule has 1 aliphatic heterocycles. The van der Waals surface area contributed by atoms with Crippen LogP contribution in [0.25, 0.3) is 0 Å². The van der Waals surface area contributed by atoms with E-state index in [0.29, 0.717) is 49.6 Å². The summed E-state index contributed by atoms with van der Waals surface area (Å²) < 4.78 is 10.2. The molecule has 0 saturated carbocycles. The standard InChI is InChI=1S/C24H32N6O5/c1-3-4-12-35-24-28-21(25)18-15-19(31)30(22(18)29-24)11-6-5-10-26-23(33)27-17-9-7-8-16(13-17)14-20(32)34-2/h7-9,13H,3-6,10-12,14-15H2,1-2H3,(H2,25,28,29)(H2,26,27,33). The molecule has 11 nitrogen and oxygen atoms in total. The van der Waals surface area contributed by atoms with Gasteiger partial charge < -0.3 is 25.8 Å². The van der Waals surface area contributed by atoms with Gasteiger partial charge in [-0.2, -0.15) is 9.97 Å². The number of anilines is 3. The molecule has 2 heterocycles. The number of esters is 1. The van der Waals surface area contributed by atoms with Crippen LogP contribution < -0.4 is 26.0 Å². The summed E-state index contributed by atoms with van der Waals surface area (Å²) in [5, 5.41) is 5.54. The second-order valence-corrected chi connectivity index (χ2v) is 8.16. The Morgan fingerprint density at radius 1 is 1.20 bits per heavy atom. The lowest BCUT2D eigenvalue weighted by molar-refractivity contribution is -0.139. The Bertz CT molecular complexity index is 1060. The first-order valence-corrected chi connectivity index (χ1v) is 11.7.